The molecule has 34 heavy (non-hydrogen) atoms. The minimum Gasteiger partial charge on any atom is -0.352 e. The Balaban J connectivity index is 1.25. The second-order valence-electron chi connectivity index (χ2n) is 9.49. The molecule has 2 aliphatic rings. The van der Waals surface area contributed by atoms with E-state index in [0.29, 0.717) is 5.95 Å². The Labute approximate surface area is 200 Å². The number of aromatic nitrogens is 4. The molecule has 2 N–H and O–H groups in total. The molecule has 3 aromatic rings. The Morgan fingerprint density at radius 2 is 1.94 bits per heavy atom. The van der Waals surface area contributed by atoms with Crippen LogP contribution in [0.25, 0.3) is 0 Å². The third kappa shape index (κ3) is 5.20. The number of likely N-dealkylation sites (N-methyl/N-ethyl adjacent to an activating group) is 1. The van der Waals surface area contributed by atoms with Gasteiger partial charge in [0, 0.05) is 48.7 Å². The molecule has 1 aromatic carbocycles. The Morgan fingerprint density at radius 3 is 2.68 bits per heavy atom. The van der Waals surface area contributed by atoms with Gasteiger partial charge in [-0.15, -0.1) is 0 Å². The van der Waals surface area contributed by atoms with Gasteiger partial charge in [0.25, 0.3) is 0 Å². The topological polar surface area (TPSA) is 91.2 Å². The number of hydrogen-bond acceptors (Lipinski definition) is 7. The summed E-state index contributed by atoms with van der Waals surface area (Å²) in [4.78, 5) is 26.0. The Morgan fingerprint density at radius 1 is 1.15 bits per heavy atom. The second-order valence-corrected chi connectivity index (χ2v) is 9.49. The Hall–Kier alpha value is -3.46. The molecule has 3 heterocycles. The molecule has 9 heteroatoms. The lowest BCUT2D eigenvalue weighted by Crippen LogP contribution is -2.21. The molecule has 0 saturated heterocycles. The van der Waals surface area contributed by atoms with Crippen molar-refractivity contribution in [3.8, 4) is 0 Å². The van der Waals surface area contributed by atoms with Crippen molar-refractivity contribution in [3.63, 3.8) is 0 Å². The smallest absolute Gasteiger partial charge is 0.229 e. The van der Waals surface area contributed by atoms with Crippen molar-refractivity contribution < 1.29 is 4.79 Å². The van der Waals surface area contributed by atoms with Crippen LogP contribution in [0, 0.1) is 12.8 Å². The van der Waals surface area contributed by atoms with E-state index >= 15 is 0 Å². The molecule has 0 radical (unpaired) electrons. The van der Waals surface area contributed by atoms with E-state index in [0.717, 1.165) is 68.3 Å². The molecule has 9 nitrogen and oxygen atoms in total. The summed E-state index contributed by atoms with van der Waals surface area (Å²) in [5.41, 5.74) is 5.14. The number of carbonyl (C=O) groups is 1. The van der Waals surface area contributed by atoms with Gasteiger partial charge in [-0.1, -0.05) is 12.1 Å². The molecule has 1 aliphatic heterocycles. The van der Waals surface area contributed by atoms with Crippen LogP contribution in [0.2, 0.25) is 0 Å². The van der Waals surface area contributed by atoms with E-state index in [1.54, 1.807) is 0 Å². The summed E-state index contributed by atoms with van der Waals surface area (Å²) in [6.07, 6.45) is 6.75. The van der Waals surface area contributed by atoms with Gasteiger partial charge >= 0.3 is 0 Å². The van der Waals surface area contributed by atoms with Gasteiger partial charge in [0.2, 0.25) is 11.9 Å². The monoisotopic (exact) mass is 460 g/mol. The minimum absolute atomic E-state index is 0.136. The van der Waals surface area contributed by atoms with E-state index in [1.807, 2.05) is 36.1 Å². The van der Waals surface area contributed by atoms with E-state index in [4.69, 9.17) is 4.98 Å². The largest absolute Gasteiger partial charge is 0.352 e. The van der Waals surface area contributed by atoms with Crippen LogP contribution in [0.1, 0.15) is 29.7 Å². The highest BCUT2D eigenvalue weighted by atomic mass is 16.2. The summed E-state index contributed by atoms with van der Waals surface area (Å²) in [6.45, 7) is 5.49. The van der Waals surface area contributed by atoms with Gasteiger partial charge in [-0.05, 0) is 58.0 Å². The van der Waals surface area contributed by atoms with Crippen molar-refractivity contribution in [2.75, 3.05) is 42.7 Å². The summed E-state index contributed by atoms with van der Waals surface area (Å²) < 4.78 is 1.92. The minimum atomic E-state index is 0.136. The van der Waals surface area contributed by atoms with Crippen LogP contribution < -0.4 is 15.5 Å². The van der Waals surface area contributed by atoms with Gasteiger partial charge < -0.3 is 20.4 Å². The molecule has 1 saturated carbocycles. The summed E-state index contributed by atoms with van der Waals surface area (Å²) in [5, 5.41) is 10.7. The molecule has 178 valence electrons. The van der Waals surface area contributed by atoms with Crippen molar-refractivity contribution in [3.05, 3.63) is 53.5 Å². The molecular weight excluding hydrogens is 428 g/mol. The highest BCUT2D eigenvalue weighted by Crippen LogP contribution is 2.32. The van der Waals surface area contributed by atoms with Gasteiger partial charge in [0.05, 0.1) is 18.4 Å². The average molecular weight is 461 g/mol. The standard InChI is InChI=1S/C25H32N8O/c1-17-22-10-11-32(15-18-4-8-20(9-5-18)28-24(34)19-6-7-19)23(22)30-25(27-17)29-21-14-26-33(16-21)13-12-31(2)3/h4-5,8-9,14,16,19H,6-7,10-13,15H2,1-3H3,(H,28,34)(H,27,29,30). The maximum atomic E-state index is 12.0. The second kappa shape index (κ2) is 9.42. The predicted molar refractivity (Wildman–Crippen MR) is 133 cm³/mol. The average Bonchev–Trinajstić information content (AvgIpc) is 3.45. The molecule has 1 amide bonds. The van der Waals surface area contributed by atoms with Gasteiger partial charge in [-0.2, -0.15) is 10.1 Å². The first kappa shape index (κ1) is 22.3. The van der Waals surface area contributed by atoms with Crippen molar-refractivity contribution in [2.24, 2.45) is 5.92 Å². The SMILES string of the molecule is Cc1nc(Nc2cnn(CCN(C)C)c2)nc2c1CCN2Cc1ccc(NC(=O)C2CC2)cc1. The van der Waals surface area contributed by atoms with Gasteiger partial charge in [-0.25, -0.2) is 4.98 Å². The van der Waals surface area contributed by atoms with E-state index in [9.17, 15) is 4.79 Å². The van der Waals surface area contributed by atoms with Crippen LogP contribution in [0.3, 0.4) is 0 Å². The van der Waals surface area contributed by atoms with Crippen LogP contribution in [-0.2, 0) is 24.3 Å². The fourth-order valence-corrected chi connectivity index (χ4v) is 4.18. The summed E-state index contributed by atoms with van der Waals surface area (Å²) in [5.74, 6) is 1.92. The zero-order chi connectivity index (χ0) is 23.7. The van der Waals surface area contributed by atoms with Crippen LogP contribution >= 0.6 is 0 Å². The first-order valence-electron chi connectivity index (χ1n) is 11.9. The maximum absolute atomic E-state index is 12.0. The number of benzene rings is 1. The number of carbonyl (C=O) groups excluding carboxylic acids is 1. The molecule has 5 rings (SSSR count). The lowest BCUT2D eigenvalue weighted by atomic mass is 10.2. The molecule has 1 aliphatic carbocycles. The summed E-state index contributed by atoms with van der Waals surface area (Å²) in [6, 6.07) is 8.13. The number of hydrogen-bond donors (Lipinski definition) is 2. The summed E-state index contributed by atoms with van der Waals surface area (Å²) >= 11 is 0. The van der Waals surface area contributed by atoms with E-state index < -0.39 is 0 Å². The van der Waals surface area contributed by atoms with Crippen molar-refractivity contribution in [1.29, 1.82) is 0 Å². The molecule has 1 fully saturated rings. The maximum Gasteiger partial charge on any atom is 0.229 e. The van der Waals surface area contributed by atoms with Gasteiger partial charge in [-0.3, -0.25) is 9.48 Å². The fourth-order valence-electron chi connectivity index (χ4n) is 4.18. The number of rotatable bonds is 9. The highest BCUT2D eigenvalue weighted by molar-refractivity contribution is 5.94. The number of fused-ring (bicyclic) bond motifs is 1. The quantitative estimate of drug-likeness (QED) is 0.507. The molecule has 2 aromatic heterocycles. The number of aryl methyl sites for hydroxylation is 1. The molecular formula is C25H32N8O. The number of anilines is 4. The predicted octanol–water partition coefficient (Wildman–Crippen LogP) is 3.20. The number of nitrogens with zero attached hydrogens (tertiary/aromatic N) is 6. The highest BCUT2D eigenvalue weighted by Gasteiger charge is 2.29. The van der Waals surface area contributed by atoms with Crippen LogP contribution in [-0.4, -0.2) is 57.7 Å². The van der Waals surface area contributed by atoms with Crippen molar-refractivity contribution >= 4 is 29.0 Å². The fraction of sp³-hybridized carbons (Fsp3) is 0.440. The molecule has 0 atom stereocenters. The van der Waals surface area contributed by atoms with E-state index in [-0.39, 0.29) is 11.8 Å². The van der Waals surface area contributed by atoms with E-state index in [2.05, 4.69) is 56.7 Å². The third-order valence-corrected chi connectivity index (χ3v) is 6.33. The normalized spacial score (nSPS) is 15.0. The zero-order valence-corrected chi connectivity index (χ0v) is 20.1. The molecule has 0 spiro atoms. The van der Waals surface area contributed by atoms with Gasteiger partial charge in [0.1, 0.15) is 5.82 Å². The Kier molecular flexibility index (Phi) is 6.19. The number of nitrogens with one attached hydrogen (secondary N) is 2. The zero-order valence-electron chi connectivity index (χ0n) is 20.1. The van der Waals surface area contributed by atoms with Gasteiger partial charge in [0.15, 0.2) is 0 Å². The number of amides is 1. The van der Waals surface area contributed by atoms with Crippen molar-refractivity contribution in [1.82, 2.24) is 24.6 Å². The first-order chi connectivity index (χ1) is 16.4. The van der Waals surface area contributed by atoms with E-state index in [1.165, 1.54) is 11.1 Å². The van der Waals surface area contributed by atoms with Crippen LogP contribution in [0.15, 0.2) is 36.7 Å². The lowest BCUT2D eigenvalue weighted by molar-refractivity contribution is -0.117. The molecule has 0 unspecified atom stereocenters. The Bertz CT molecular complexity index is 1170. The van der Waals surface area contributed by atoms with Crippen molar-refractivity contribution in [2.45, 2.75) is 39.3 Å². The molecule has 0 bridgehead atoms. The lowest BCUT2D eigenvalue weighted by Gasteiger charge is -2.19. The summed E-state index contributed by atoms with van der Waals surface area (Å²) in [7, 11) is 4.11. The first-order valence-corrected chi connectivity index (χ1v) is 11.9. The van der Waals surface area contributed by atoms with Crippen LogP contribution in [0.5, 0.6) is 0 Å². The third-order valence-electron chi connectivity index (χ3n) is 6.33. The van der Waals surface area contributed by atoms with Crippen LogP contribution in [0.4, 0.5) is 23.1 Å².